The summed E-state index contributed by atoms with van der Waals surface area (Å²) >= 11 is 3.51. The van der Waals surface area contributed by atoms with Crippen LogP contribution in [0.25, 0.3) is 0 Å². The molecule has 1 heterocycles. The monoisotopic (exact) mass is 478 g/mol. The Hall–Kier alpha value is -3.04. The lowest BCUT2D eigenvalue weighted by molar-refractivity contribution is -0.116. The topological polar surface area (TPSA) is 85.3 Å². The highest BCUT2D eigenvalue weighted by Crippen LogP contribution is 2.44. The van der Waals surface area contributed by atoms with E-state index in [-0.39, 0.29) is 11.7 Å². The normalized spacial score (nSPS) is 18.4. The molecule has 31 heavy (non-hydrogen) atoms. The Morgan fingerprint density at radius 1 is 1.23 bits per heavy atom. The van der Waals surface area contributed by atoms with Gasteiger partial charge in [0.25, 0.3) is 0 Å². The first-order valence-corrected chi connectivity index (χ1v) is 11.0. The zero-order valence-corrected chi connectivity index (χ0v) is 19.1. The quantitative estimate of drug-likeness (QED) is 0.630. The Bertz CT molecular complexity index is 1170. The Labute approximate surface area is 190 Å². The van der Waals surface area contributed by atoms with E-state index in [2.05, 4.69) is 28.1 Å². The van der Waals surface area contributed by atoms with Gasteiger partial charge < -0.3 is 15.2 Å². The number of aryl methyl sites for hydroxylation is 2. The minimum absolute atomic E-state index is 0.0255. The molecule has 0 amide bonds. The number of rotatable bonds is 4. The van der Waals surface area contributed by atoms with Gasteiger partial charge >= 0.3 is 0 Å². The summed E-state index contributed by atoms with van der Waals surface area (Å²) < 4.78 is 12.6. The van der Waals surface area contributed by atoms with Crippen molar-refractivity contribution in [2.75, 3.05) is 0 Å². The van der Waals surface area contributed by atoms with Crippen molar-refractivity contribution in [1.29, 1.82) is 5.26 Å². The molecule has 0 saturated heterocycles. The second kappa shape index (κ2) is 8.60. The van der Waals surface area contributed by atoms with E-state index in [4.69, 9.17) is 15.2 Å². The number of nitriles is 1. The van der Waals surface area contributed by atoms with Crippen LogP contribution < -0.4 is 10.5 Å². The minimum atomic E-state index is -0.510. The Balaban J connectivity index is 1.77. The lowest BCUT2D eigenvalue weighted by Gasteiger charge is -2.32. The Morgan fingerprint density at radius 2 is 2.00 bits per heavy atom. The van der Waals surface area contributed by atoms with Gasteiger partial charge in [0, 0.05) is 18.4 Å². The van der Waals surface area contributed by atoms with E-state index >= 15 is 0 Å². The van der Waals surface area contributed by atoms with Crippen molar-refractivity contribution in [3.05, 3.63) is 85.9 Å². The summed E-state index contributed by atoms with van der Waals surface area (Å²) in [7, 11) is 0. The molecule has 2 aliphatic rings. The molecule has 0 saturated carbocycles. The molecule has 2 aromatic carbocycles. The number of allylic oxidation sites excluding steroid dienone is 3. The SMILES string of the molecule is Cc1cc(C)c([C@H]2C(C#N)=C(N)OC3=C2C(=O)CCC3)cc1COc1ccccc1Br. The maximum Gasteiger partial charge on any atom is 0.205 e. The summed E-state index contributed by atoms with van der Waals surface area (Å²) in [4.78, 5) is 12.9. The van der Waals surface area contributed by atoms with E-state index in [1.807, 2.05) is 44.2 Å². The lowest BCUT2D eigenvalue weighted by atomic mass is 9.75. The molecule has 1 aliphatic carbocycles. The molecule has 0 aromatic heterocycles. The summed E-state index contributed by atoms with van der Waals surface area (Å²) in [6.45, 7) is 4.40. The van der Waals surface area contributed by atoms with Crippen molar-refractivity contribution >= 4 is 21.7 Å². The van der Waals surface area contributed by atoms with Crippen LogP contribution in [0.15, 0.2) is 63.7 Å². The second-order valence-corrected chi connectivity index (χ2v) is 8.75. The van der Waals surface area contributed by atoms with E-state index in [0.29, 0.717) is 36.4 Å². The number of hydrogen-bond donors (Lipinski definition) is 1. The van der Waals surface area contributed by atoms with Crippen LogP contribution in [0, 0.1) is 25.2 Å². The average Bonchev–Trinajstić information content (AvgIpc) is 2.73. The molecule has 0 radical (unpaired) electrons. The second-order valence-electron chi connectivity index (χ2n) is 7.89. The van der Waals surface area contributed by atoms with Crippen molar-refractivity contribution in [2.24, 2.45) is 5.73 Å². The fourth-order valence-electron chi connectivity index (χ4n) is 4.27. The standard InChI is InChI=1S/C25H23BrN2O3/c1-14-10-15(2)17(11-16(14)13-30-21-8-4-3-6-19(21)26)23-18(12-27)25(28)31-22-9-5-7-20(29)24(22)23/h3-4,6,8,10-11,23H,5,7,9,13,28H2,1-2H3/t23-/m0/s1. The maximum absolute atomic E-state index is 12.9. The van der Waals surface area contributed by atoms with Crippen LogP contribution in [0.5, 0.6) is 5.75 Å². The first-order chi connectivity index (χ1) is 14.9. The molecule has 5 nitrogen and oxygen atoms in total. The van der Waals surface area contributed by atoms with Gasteiger partial charge in [-0.05, 0) is 70.6 Å². The van der Waals surface area contributed by atoms with Crippen LogP contribution in [0.1, 0.15) is 47.4 Å². The number of halogens is 1. The molecule has 0 spiro atoms. The zero-order valence-electron chi connectivity index (χ0n) is 17.5. The van der Waals surface area contributed by atoms with Crippen molar-refractivity contribution in [1.82, 2.24) is 0 Å². The predicted molar refractivity (Wildman–Crippen MR) is 121 cm³/mol. The number of para-hydroxylation sites is 1. The highest BCUT2D eigenvalue weighted by molar-refractivity contribution is 9.10. The molecule has 1 aliphatic heterocycles. The van der Waals surface area contributed by atoms with Crippen LogP contribution in [0.4, 0.5) is 0 Å². The molecule has 2 N–H and O–H groups in total. The number of carbonyl (C=O) groups excluding carboxylic acids is 1. The molecular weight excluding hydrogens is 456 g/mol. The molecular formula is C25H23BrN2O3. The van der Waals surface area contributed by atoms with E-state index < -0.39 is 5.92 Å². The molecule has 6 heteroatoms. The summed E-state index contributed by atoms with van der Waals surface area (Å²) in [6, 6.07) is 14.0. The van der Waals surface area contributed by atoms with Gasteiger partial charge in [-0.1, -0.05) is 24.3 Å². The van der Waals surface area contributed by atoms with Crippen LogP contribution in [0.2, 0.25) is 0 Å². The summed E-state index contributed by atoms with van der Waals surface area (Å²) in [5.74, 6) is 0.960. The number of nitrogens with zero attached hydrogens (tertiary/aromatic N) is 1. The number of Topliss-reactive ketones (excluding diaryl/α,β-unsaturated/α-hetero) is 1. The van der Waals surface area contributed by atoms with Gasteiger partial charge in [0.1, 0.15) is 29.8 Å². The number of carbonyl (C=O) groups is 1. The van der Waals surface area contributed by atoms with Gasteiger partial charge in [-0.3, -0.25) is 4.79 Å². The molecule has 4 rings (SSSR count). The van der Waals surface area contributed by atoms with Gasteiger partial charge in [-0.2, -0.15) is 5.26 Å². The lowest BCUT2D eigenvalue weighted by Crippen LogP contribution is -2.28. The largest absolute Gasteiger partial charge is 0.488 e. The van der Waals surface area contributed by atoms with E-state index in [1.165, 1.54) is 0 Å². The van der Waals surface area contributed by atoms with Gasteiger partial charge in [0.2, 0.25) is 5.88 Å². The molecule has 158 valence electrons. The van der Waals surface area contributed by atoms with Crippen LogP contribution in [0.3, 0.4) is 0 Å². The fraction of sp³-hybridized carbons (Fsp3) is 0.280. The third kappa shape index (κ3) is 3.98. The van der Waals surface area contributed by atoms with Crippen molar-refractivity contribution < 1.29 is 14.3 Å². The third-order valence-corrected chi connectivity index (χ3v) is 6.52. The van der Waals surface area contributed by atoms with Crippen molar-refractivity contribution in [3.63, 3.8) is 0 Å². The van der Waals surface area contributed by atoms with Gasteiger partial charge in [-0.15, -0.1) is 0 Å². The maximum atomic E-state index is 12.9. The first-order valence-electron chi connectivity index (χ1n) is 10.2. The minimum Gasteiger partial charge on any atom is -0.488 e. The first kappa shape index (κ1) is 21.2. The summed E-state index contributed by atoms with van der Waals surface area (Å²) in [6.07, 6.45) is 1.84. The third-order valence-electron chi connectivity index (χ3n) is 5.86. The average molecular weight is 479 g/mol. The number of benzene rings is 2. The van der Waals surface area contributed by atoms with Crippen LogP contribution in [-0.2, 0) is 16.1 Å². The molecule has 2 aromatic rings. The zero-order chi connectivity index (χ0) is 22.1. The van der Waals surface area contributed by atoms with E-state index in [1.54, 1.807) is 0 Å². The molecule has 0 bridgehead atoms. The molecule has 0 fully saturated rings. The molecule has 1 atom stereocenters. The van der Waals surface area contributed by atoms with E-state index in [0.717, 1.165) is 38.9 Å². The van der Waals surface area contributed by atoms with Gasteiger partial charge in [-0.25, -0.2) is 0 Å². The Morgan fingerprint density at radius 3 is 2.74 bits per heavy atom. The molecule has 0 unspecified atom stereocenters. The fourth-order valence-corrected chi connectivity index (χ4v) is 4.67. The summed E-state index contributed by atoms with van der Waals surface area (Å²) in [5.41, 5.74) is 10.9. The van der Waals surface area contributed by atoms with Gasteiger partial charge in [0.15, 0.2) is 5.78 Å². The number of nitrogens with two attached hydrogens (primary N) is 1. The number of ketones is 1. The van der Waals surface area contributed by atoms with E-state index in [9.17, 15) is 10.1 Å². The smallest absolute Gasteiger partial charge is 0.205 e. The van der Waals surface area contributed by atoms with Crippen molar-refractivity contribution in [2.45, 2.75) is 45.6 Å². The summed E-state index contributed by atoms with van der Waals surface area (Å²) in [5, 5.41) is 9.84. The highest BCUT2D eigenvalue weighted by atomic mass is 79.9. The predicted octanol–water partition coefficient (Wildman–Crippen LogP) is 5.46. The van der Waals surface area contributed by atoms with Gasteiger partial charge in [0.05, 0.1) is 10.4 Å². The number of hydrogen-bond acceptors (Lipinski definition) is 5. The Kier molecular flexibility index (Phi) is 5.88. The number of ether oxygens (including phenoxy) is 2. The van der Waals surface area contributed by atoms with Crippen LogP contribution in [-0.4, -0.2) is 5.78 Å². The highest BCUT2D eigenvalue weighted by Gasteiger charge is 2.38. The van der Waals surface area contributed by atoms with Crippen LogP contribution >= 0.6 is 15.9 Å². The van der Waals surface area contributed by atoms with Crippen molar-refractivity contribution in [3.8, 4) is 11.8 Å².